The molecule has 3 rings (SSSR count). The number of ether oxygens (including phenoxy) is 2. The summed E-state index contributed by atoms with van der Waals surface area (Å²) in [6, 6.07) is 18.1. The van der Waals surface area contributed by atoms with Crippen molar-refractivity contribution in [3.05, 3.63) is 90.3 Å². The van der Waals surface area contributed by atoms with Crippen molar-refractivity contribution in [3.8, 4) is 5.75 Å². The number of rotatable bonds is 13. The van der Waals surface area contributed by atoms with Gasteiger partial charge in [-0.2, -0.15) is 4.31 Å². The van der Waals surface area contributed by atoms with Gasteiger partial charge in [0.05, 0.1) is 24.2 Å². The first-order valence-corrected chi connectivity index (χ1v) is 13.8. The molecule has 0 aliphatic carbocycles. The molecule has 2 N–H and O–H groups in total. The van der Waals surface area contributed by atoms with Crippen LogP contribution in [0.1, 0.15) is 25.0 Å². The molecule has 0 spiro atoms. The zero-order chi connectivity index (χ0) is 27.5. The number of alkyl carbamates (subject to hydrolysis) is 1. The molecule has 0 saturated heterocycles. The SMILES string of the molecule is COc1ccc(S(=O)(=O)N(CC(C)C)C[C@@H](O)C(Cc2ccccc2)NC(=O)OCc2ccncc2)cc1. The number of aromatic nitrogens is 1. The maximum absolute atomic E-state index is 13.5. The quantitative estimate of drug-likeness (QED) is 0.339. The Balaban J connectivity index is 1.79. The molecule has 0 fully saturated rings. The lowest BCUT2D eigenvalue weighted by atomic mass is 10.0. The predicted octanol–water partition coefficient (Wildman–Crippen LogP) is 3.64. The van der Waals surface area contributed by atoms with Crippen molar-refractivity contribution in [1.82, 2.24) is 14.6 Å². The van der Waals surface area contributed by atoms with E-state index >= 15 is 0 Å². The Labute approximate surface area is 224 Å². The molecule has 1 heterocycles. The number of methoxy groups -OCH3 is 1. The first-order chi connectivity index (χ1) is 18.2. The molecule has 3 aromatic rings. The second-order valence-corrected chi connectivity index (χ2v) is 11.3. The van der Waals surface area contributed by atoms with Crippen molar-refractivity contribution in [1.29, 1.82) is 0 Å². The van der Waals surface area contributed by atoms with Crippen LogP contribution in [0.3, 0.4) is 0 Å². The number of nitrogens with zero attached hydrogens (tertiary/aromatic N) is 2. The van der Waals surface area contributed by atoms with Crippen molar-refractivity contribution < 1.29 is 27.8 Å². The summed E-state index contributed by atoms with van der Waals surface area (Å²) in [5.74, 6) is 0.540. The second kappa shape index (κ2) is 13.9. The van der Waals surface area contributed by atoms with E-state index in [0.29, 0.717) is 5.75 Å². The Hall–Kier alpha value is -3.47. The highest BCUT2D eigenvalue weighted by Gasteiger charge is 2.31. The topological polar surface area (TPSA) is 118 Å². The highest BCUT2D eigenvalue weighted by molar-refractivity contribution is 7.89. The molecule has 0 bridgehead atoms. The molecular formula is C28H35N3O6S. The van der Waals surface area contributed by atoms with Crippen LogP contribution < -0.4 is 10.1 Å². The van der Waals surface area contributed by atoms with E-state index in [2.05, 4.69) is 10.3 Å². The van der Waals surface area contributed by atoms with Crippen LogP contribution >= 0.6 is 0 Å². The van der Waals surface area contributed by atoms with Gasteiger partial charge in [-0.15, -0.1) is 0 Å². The fourth-order valence-corrected chi connectivity index (χ4v) is 5.50. The minimum Gasteiger partial charge on any atom is -0.497 e. The number of carbonyl (C=O) groups excluding carboxylic acids is 1. The third-order valence-corrected chi connectivity index (χ3v) is 7.69. The van der Waals surface area contributed by atoms with Gasteiger partial charge in [0.15, 0.2) is 0 Å². The summed E-state index contributed by atoms with van der Waals surface area (Å²) >= 11 is 0. The maximum Gasteiger partial charge on any atom is 0.407 e. The molecule has 204 valence electrons. The number of carbonyl (C=O) groups is 1. The molecular weight excluding hydrogens is 506 g/mol. The average Bonchev–Trinajstić information content (AvgIpc) is 2.92. The molecule has 10 heteroatoms. The Kier molecular flexibility index (Phi) is 10.6. The number of aliphatic hydroxyl groups excluding tert-OH is 1. The third-order valence-electron chi connectivity index (χ3n) is 5.84. The van der Waals surface area contributed by atoms with Gasteiger partial charge in [-0.3, -0.25) is 4.98 Å². The normalized spacial score (nSPS) is 13.2. The monoisotopic (exact) mass is 541 g/mol. The van der Waals surface area contributed by atoms with Crippen molar-refractivity contribution in [2.75, 3.05) is 20.2 Å². The van der Waals surface area contributed by atoms with Gasteiger partial charge in [0.1, 0.15) is 12.4 Å². The number of benzene rings is 2. The predicted molar refractivity (Wildman–Crippen MR) is 144 cm³/mol. The number of aliphatic hydroxyl groups is 1. The van der Waals surface area contributed by atoms with Crippen molar-refractivity contribution >= 4 is 16.1 Å². The van der Waals surface area contributed by atoms with E-state index in [0.717, 1.165) is 11.1 Å². The van der Waals surface area contributed by atoms with Crippen LogP contribution in [0.15, 0.2) is 84.0 Å². The first kappa shape index (κ1) is 29.1. The van der Waals surface area contributed by atoms with Crippen LogP contribution in [0, 0.1) is 5.92 Å². The highest BCUT2D eigenvalue weighted by atomic mass is 32.2. The van der Waals surface area contributed by atoms with Gasteiger partial charge in [-0.05, 0) is 59.9 Å². The molecule has 2 aromatic carbocycles. The molecule has 2 atom stereocenters. The van der Waals surface area contributed by atoms with Crippen LogP contribution in [0.2, 0.25) is 0 Å². The molecule has 0 aliphatic rings. The van der Waals surface area contributed by atoms with Gasteiger partial charge >= 0.3 is 6.09 Å². The van der Waals surface area contributed by atoms with Crippen LogP contribution in [0.25, 0.3) is 0 Å². The molecule has 0 saturated carbocycles. The summed E-state index contributed by atoms with van der Waals surface area (Å²) in [6.45, 7) is 3.82. The van der Waals surface area contributed by atoms with Crippen LogP contribution in [-0.2, 0) is 27.8 Å². The molecule has 1 amide bonds. The minimum atomic E-state index is -3.93. The highest BCUT2D eigenvalue weighted by Crippen LogP contribution is 2.21. The number of pyridine rings is 1. The summed E-state index contributed by atoms with van der Waals surface area (Å²) in [4.78, 5) is 16.7. The van der Waals surface area contributed by atoms with Gasteiger partial charge in [0, 0.05) is 25.5 Å². The third kappa shape index (κ3) is 8.54. The summed E-state index contributed by atoms with van der Waals surface area (Å²) in [5.41, 5.74) is 1.64. The van der Waals surface area contributed by atoms with Gasteiger partial charge < -0.3 is 19.9 Å². The summed E-state index contributed by atoms with van der Waals surface area (Å²) < 4.78 is 38.8. The maximum atomic E-state index is 13.5. The standard InChI is InChI=1S/C28H35N3O6S/c1-21(2)18-31(38(34,35)25-11-9-24(36-3)10-12-25)19-27(32)26(17-22-7-5-4-6-8-22)30-28(33)37-20-23-13-15-29-16-14-23/h4-16,21,26-27,32H,17-20H2,1-3H3,(H,30,33)/t26?,27-/m1/s1. The van der Waals surface area contributed by atoms with Crippen molar-refractivity contribution in [2.24, 2.45) is 5.92 Å². The van der Waals surface area contributed by atoms with Crippen molar-refractivity contribution in [2.45, 2.75) is 43.9 Å². The zero-order valence-corrected chi connectivity index (χ0v) is 22.7. The molecule has 1 aromatic heterocycles. The lowest BCUT2D eigenvalue weighted by molar-refractivity contribution is 0.0873. The second-order valence-electron chi connectivity index (χ2n) is 9.33. The molecule has 1 unspecified atom stereocenters. The average molecular weight is 542 g/mol. The molecule has 38 heavy (non-hydrogen) atoms. The fraction of sp³-hybridized carbons (Fsp3) is 0.357. The fourth-order valence-electron chi connectivity index (χ4n) is 3.88. The molecule has 0 aliphatic heterocycles. The summed E-state index contributed by atoms with van der Waals surface area (Å²) in [6.07, 6.45) is 1.56. The minimum absolute atomic E-state index is 0.00100. The molecule has 9 nitrogen and oxygen atoms in total. The lowest BCUT2D eigenvalue weighted by Gasteiger charge is -2.30. The van der Waals surface area contributed by atoms with E-state index in [1.54, 1.807) is 36.7 Å². The van der Waals surface area contributed by atoms with E-state index in [9.17, 15) is 18.3 Å². The van der Waals surface area contributed by atoms with Crippen LogP contribution in [0.4, 0.5) is 4.79 Å². The van der Waals surface area contributed by atoms with E-state index in [1.165, 1.54) is 23.5 Å². The molecule has 0 radical (unpaired) electrons. The van der Waals surface area contributed by atoms with E-state index in [4.69, 9.17) is 9.47 Å². The van der Waals surface area contributed by atoms with Crippen LogP contribution in [0.5, 0.6) is 5.75 Å². The first-order valence-electron chi connectivity index (χ1n) is 12.4. The Morgan fingerprint density at radius 3 is 2.24 bits per heavy atom. The Morgan fingerprint density at radius 1 is 0.974 bits per heavy atom. The van der Waals surface area contributed by atoms with E-state index in [-0.39, 0.29) is 36.9 Å². The lowest BCUT2D eigenvalue weighted by Crippen LogP contribution is -2.51. The van der Waals surface area contributed by atoms with Gasteiger partial charge in [0.2, 0.25) is 10.0 Å². The van der Waals surface area contributed by atoms with Gasteiger partial charge in [-0.25, -0.2) is 13.2 Å². The summed E-state index contributed by atoms with van der Waals surface area (Å²) in [7, 11) is -2.42. The smallest absolute Gasteiger partial charge is 0.407 e. The summed E-state index contributed by atoms with van der Waals surface area (Å²) in [5, 5.41) is 14.0. The number of sulfonamides is 1. The van der Waals surface area contributed by atoms with Crippen LogP contribution in [-0.4, -0.2) is 61.3 Å². The number of hydrogen-bond acceptors (Lipinski definition) is 7. The van der Waals surface area contributed by atoms with E-state index in [1.807, 2.05) is 44.2 Å². The van der Waals surface area contributed by atoms with Gasteiger partial charge in [0.25, 0.3) is 0 Å². The Bertz CT molecular complexity index is 1240. The number of nitrogens with one attached hydrogen (secondary N) is 1. The largest absolute Gasteiger partial charge is 0.497 e. The number of amides is 1. The zero-order valence-electron chi connectivity index (χ0n) is 21.9. The van der Waals surface area contributed by atoms with Gasteiger partial charge in [-0.1, -0.05) is 44.2 Å². The van der Waals surface area contributed by atoms with E-state index < -0.39 is 28.3 Å². The number of hydrogen-bond donors (Lipinski definition) is 2. The Morgan fingerprint density at radius 2 is 1.63 bits per heavy atom. The van der Waals surface area contributed by atoms with Crippen molar-refractivity contribution in [3.63, 3.8) is 0 Å².